The van der Waals surface area contributed by atoms with Crippen LogP contribution in [0, 0.1) is 16.0 Å². The third kappa shape index (κ3) is 5.37. The van der Waals surface area contributed by atoms with Crippen LogP contribution in [0.3, 0.4) is 0 Å². The molecule has 2 unspecified atom stereocenters. The number of likely N-dealkylation sites (N-methyl/N-ethyl adjacent to an activating group) is 1. The van der Waals surface area contributed by atoms with Crippen LogP contribution in [0.4, 0.5) is 8.78 Å². The quantitative estimate of drug-likeness (QED) is 0.396. The lowest BCUT2D eigenvalue weighted by atomic mass is 10.2. The van der Waals surface area contributed by atoms with E-state index >= 15 is 0 Å². The van der Waals surface area contributed by atoms with E-state index in [-0.39, 0.29) is 18.7 Å². The van der Waals surface area contributed by atoms with Gasteiger partial charge in [-0.15, -0.1) is 0 Å². The predicted octanol–water partition coefficient (Wildman–Crippen LogP) is 1.45. The van der Waals surface area contributed by atoms with Gasteiger partial charge in [0.1, 0.15) is 11.7 Å². The molecule has 0 aliphatic heterocycles. The van der Waals surface area contributed by atoms with Gasteiger partial charge >= 0.3 is 12.6 Å². The molecule has 1 saturated carbocycles. The minimum absolute atomic E-state index is 0.00596. The summed E-state index contributed by atoms with van der Waals surface area (Å²) in [5, 5.41) is 10.5. The Morgan fingerprint density at radius 2 is 2.00 bits per heavy atom. The summed E-state index contributed by atoms with van der Waals surface area (Å²) in [6, 6.07) is 4.84. The number of ether oxygens (including phenoxy) is 2. The fourth-order valence-corrected chi connectivity index (χ4v) is 2.16. The average molecular weight is 358 g/mol. The smallest absolute Gasteiger partial charge is 0.387 e. The summed E-state index contributed by atoms with van der Waals surface area (Å²) in [5.74, 6) is -2.02. The summed E-state index contributed by atoms with van der Waals surface area (Å²) in [5.41, 5.74) is 0.666. The van der Waals surface area contributed by atoms with Gasteiger partial charge in [-0.25, -0.2) is 0 Å². The van der Waals surface area contributed by atoms with Gasteiger partial charge in [-0.2, -0.15) is 8.78 Å². The number of halogens is 2. The van der Waals surface area contributed by atoms with E-state index in [0.717, 1.165) is 0 Å². The largest absolute Gasteiger partial charge is 0.455 e. The van der Waals surface area contributed by atoms with Crippen LogP contribution >= 0.6 is 0 Å². The number of hydrogen-bond donors (Lipinski definition) is 0. The van der Waals surface area contributed by atoms with Crippen LogP contribution in [0.15, 0.2) is 24.3 Å². The minimum atomic E-state index is -2.91. The highest BCUT2D eigenvalue weighted by atomic mass is 19.3. The van der Waals surface area contributed by atoms with Crippen molar-refractivity contribution in [3.05, 3.63) is 39.9 Å². The molecule has 1 amide bonds. The first-order valence-corrected chi connectivity index (χ1v) is 7.35. The number of carbonyl (C=O) groups is 2. The Labute approximate surface area is 141 Å². The van der Waals surface area contributed by atoms with Crippen molar-refractivity contribution in [2.45, 2.75) is 25.6 Å². The molecular weight excluding hydrogens is 342 g/mol. The van der Waals surface area contributed by atoms with Crippen LogP contribution < -0.4 is 4.74 Å². The molecule has 2 rings (SSSR count). The zero-order chi connectivity index (χ0) is 18.6. The fourth-order valence-electron chi connectivity index (χ4n) is 2.16. The summed E-state index contributed by atoms with van der Waals surface area (Å²) in [4.78, 5) is 34.7. The van der Waals surface area contributed by atoms with Crippen molar-refractivity contribution in [1.82, 2.24) is 4.90 Å². The molecule has 2 atom stereocenters. The monoisotopic (exact) mass is 358 g/mol. The molecule has 10 heteroatoms. The Bertz CT molecular complexity index is 652. The molecule has 8 nitrogen and oxygen atoms in total. The third-order valence-corrected chi connectivity index (χ3v) is 3.66. The Morgan fingerprint density at radius 3 is 2.52 bits per heavy atom. The van der Waals surface area contributed by atoms with Gasteiger partial charge in [0, 0.05) is 24.9 Å². The molecule has 136 valence electrons. The van der Waals surface area contributed by atoms with Crippen LogP contribution in [0.25, 0.3) is 0 Å². The third-order valence-electron chi connectivity index (χ3n) is 3.66. The number of alkyl halides is 2. The summed E-state index contributed by atoms with van der Waals surface area (Å²) >= 11 is 0. The Hall–Kier alpha value is -2.78. The Balaban J connectivity index is 1.76. The summed E-state index contributed by atoms with van der Waals surface area (Å²) in [6.45, 7) is -3.25. The fraction of sp³-hybridized carbons (Fsp3) is 0.467. The van der Waals surface area contributed by atoms with Crippen molar-refractivity contribution in [1.29, 1.82) is 0 Å². The van der Waals surface area contributed by atoms with Gasteiger partial charge in [0.15, 0.2) is 6.61 Å². The lowest BCUT2D eigenvalue weighted by molar-refractivity contribution is -0.497. The van der Waals surface area contributed by atoms with Crippen LogP contribution in [-0.4, -0.2) is 48.0 Å². The number of nitro groups is 1. The minimum Gasteiger partial charge on any atom is -0.455 e. The molecule has 1 aromatic rings. The van der Waals surface area contributed by atoms with Crippen LogP contribution in [0.2, 0.25) is 0 Å². The average Bonchev–Trinajstić information content (AvgIpc) is 3.34. The standard InChI is InChI=1S/C15H16F2N2O6/c1-18(7-9-2-4-10(5-3-9)25-15(16)17)13(20)8-24-14(21)11-6-12(11)19(22)23/h2-5,11-12,15H,6-8H2,1H3. The van der Waals surface area contributed by atoms with Crippen molar-refractivity contribution < 1.29 is 32.8 Å². The van der Waals surface area contributed by atoms with Gasteiger partial charge in [0.2, 0.25) is 6.04 Å². The number of nitrogens with zero attached hydrogens (tertiary/aromatic N) is 2. The molecule has 0 bridgehead atoms. The highest BCUT2D eigenvalue weighted by Gasteiger charge is 2.54. The second-order valence-corrected chi connectivity index (χ2v) is 5.57. The molecule has 1 fully saturated rings. The normalized spacial score (nSPS) is 18.6. The topological polar surface area (TPSA) is 99.0 Å². The summed E-state index contributed by atoms with van der Waals surface area (Å²) in [6.07, 6.45) is 0.128. The van der Waals surface area contributed by atoms with Crippen LogP contribution in [-0.2, 0) is 20.9 Å². The van der Waals surface area contributed by atoms with Gasteiger partial charge in [-0.05, 0) is 17.7 Å². The van der Waals surface area contributed by atoms with Gasteiger partial charge in [-0.3, -0.25) is 19.7 Å². The van der Waals surface area contributed by atoms with E-state index in [1.165, 1.54) is 36.2 Å². The lowest BCUT2D eigenvalue weighted by Gasteiger charge is -2.17. The van der Waals surface area contributed by atoms with E-state index < -0.39 is 42.0 Å². The maximum Gasteiger partial charge on any atom is 0.387 e. The molecule has 25 heavy (non-hydrogen) atoms. The van der Waals surface area contributed by atoms with Gasteiger partial charge < -0.3 is 14.4 Å². The van der Waals surface area contributed by atoms with Crippen LogP contribution in [0.1, 0.15) is 12.0 Å². The van der Waals surface area contributed by atoms with E-state index in [1.807, 2.05) is 0 Å². The Morgan fingerprint density at radius 1 is 1.36 bits per heavy atom. The molecule has 1 aliphatic rings. The zero-order valence-electron chi connectivity index (χ0n) is 13.3. The van der Waals surface area contributed by atoms with Crippen molar-refractivity contribution in [2.24, 2.45) is 5.92 Å². The molecule has 0 heterocycles. The van der Waals surface area contributed by atoms with E-state index in [9.17, 15) is 28.5 Å². The van der Waals surface area contributed by atoms with Crippen molar-refractivity contribution in [2.75, 3.05) is 13.7 Å². The maximum absolute atomic E-state index is 12.1. The maximum atomic E-state index is 12.1. The Kier molecular flexibility index (Phi) is 5.84. The molecule has 1 aliphatic carbocycles. The van der Waals surface area contributed by atoms with Crippen LogP contribution in [0.5, 0.6) is 5.75 Å². The second-order valence-electron chi connectivity index (χ2n) is 5.57. The first-order chi connectivity index (χ1) is 11.8. The highest BCUT2D eigenvalue weighted by molar-refractivity contribution is 5.82. The molecule has 0 spiro atoms. The number of hydrogen-bond acceptors (Lipinski definition) is 6. The summed E-state index contributed by atoms with van der Waals surface area (Å²) in [7, 11) is 1.48. The van der Waals surface area contributed by atoms with Gasteiger partial charge in [-0.1, -0.05) is 12.1 Å². The van der Waals surface area contributed by atoms with Crippen molar-refractivity contribution in [3.8, 4) is 5.75 Å². The number of rotatable bonds is 8. The van der Waals surface area contributed by atoms with E-state index in [2.05, 4.69) is 4.74 Å². The van der Waals surface area contributed by atoms with E-state index in [4.69, 9.17) is 4.74 Å². The van der Waals surface area contributed by atoms with Crippen molar-refractivity contribution in [3.63, 3.8) is 0 Å². The SMILES string of the molecule is CN(Cc1ccc(OC(F)F)cc1)C(=O)COC(=O)C1CC1[N+](=O)[O-]. The number of amides is 1. The summed E-state index contributed by atoms with van der Waals surface area (Å²) < 4.78 is 33.1. The first kappa shape index (κ1) is 18.6. The second kappa shape index (κ2) is 7.86. The molecular formula is C15H16F2N2O6. The van der Waals surface area contributed by atoms with Gasteiger partial charge in [0.05, 0.1) is 0 Å². The molecule has 0 saturated heterocycles. The lowest BCUT2D eigenvalue weighted by Crippen LogP contribution is -2.31. The highest BCUT2D eigenvalue weighted by Crippen LogP contribution is 2.34. The van der Waals surface area contributed by atoms with E-state index in [0.29, 0.717) is 5.56 Å². The van der Waals surface area contributed by atoms with Gasteiger partial charge in [0.25, 0.3) is 5.91 Å². The molecule has 0 N–H and O–H groups in total. The predicted molar refractivity (Wildman–Crippen MR) is 79.4 cm³/mol. The number of esters is 1. The number of benzene rings is 1. The van der Waals surface area contributed by atoms with Crippen molar-refractivity contribution >= 4 is 11.9 Å². The number of carbonyl (C=O) groups excluding carboxylic acids is 2. The molecule has 0 radical (unpaired) electrons. The first-order valence-electron chi connectivity index (χ1n) is 7.35. The molecule has 0 aromatic heterocycles. The van der Waals surface area contributed by atoms with E-state index in [1.54, 1.807) is 0 Å². The zero-order valence-corrected chi connectivity index (χ0v) is 13.3. The molecule has 1 aromatic carbocycles.